The van der Waals surface area contributed by atoms with E-state index in [0.29, 0.717) is 5.69 Å². The Labute approximate surface area is 217 Å². The molecule has 38 heavy (non-hydrogen) atoms. The van der Waals surface area contributed by atoms with Gasteiger partial charge in [0.1, 0.15) is 17.8 Å². The van der Waals surface area contributed by atoms with Crippen LogP contribution in [-0.2, 0) is 20.8 Å². The normalized spacial score (nSPS) is 12.3. The molecule has 0 spiro atoms. The molecule has 0 aliphatic heterocycles. The first-order chi connectivity index (χ1) is 18.4. The lowest BCUT2D eigenvalue weighted by Gasteiger charge is -2.22. The summed E-state index contributed by atoms with van der Waals surface area (Å²) in [5, 5.41) is 8.59. The maximum Gasteiger partial charge on any atom is 0.293 e. The molecule has 2 atom stereocenters. The molecule has 4 aromatic rings. The van der Waals surface area contributed by atoms with Crippen LogP contribution in [0.25, 0.3) is 10.9 Å². The first kappa shape index (κ1) is 26.1. The van der Waals surface area contributed by atoms with Gasteiger partial charge in [-0.1, -0.05) is 49.4 Å². The van der Waals surface area contributed by atoms with Gasteiger partial charge in [-0.2, -0.15) is 0 Å². The Morgan fingerprint density at radius 1 is 0.868 bits per heavy atom. The third-order valence-electron chi connectivity index (χ3n) is 6.02. The highest BCUT2D eigenvalue weighted by atomic mass is 16.2. The van der Waals surface area contributed by atoms with Crippen LogP contribution in [-0.4, -0.2) is 45.6 Å². The standard InChI is InChI=1S/C28H27N5O5/c1-2-20(32-27(37)23-15-17-9-6-7-13-21(17)31-23)26(36)33-22(16-18-10-8-14-29-25(18)35)24(34)28(38)30-19-11-4-3-5-12-19/h3-15,20,22,31H,2,16H2,1H3,(H,29,35)(H,30,38)(H,32,37)(H,33,36). The Kier molecular flexibility index (Phi) is 8.12. The quantitative estimate of drug-likeness (QED) is 0.206. The van der Waals surface area contributed by atoms with E-state index in [1.165, 1.54) is 12.3 Å². The second-order valence-electron chi connectivity index (χ2n) is 8.68. The van der Waals surface area contributed by atoms with E-state index < -0.39 is 41.1 Å². The van der Waals surface area contributed by atoms with Crippen LogP contribution in [0.3, 0.4) is 0 Å². The Morgan fingerprint density at radius 3 is 2.32 bits per heavy atom. The first-order valence-corrected chi connectivity index (χ1v) is 12.1. The summed E-state index contributed by atoms with van der Waals surface area (Å²) in [4.78, 5) is 69.7. The summed E-state index contributed by atoms with van der Waals surface area (Å²) in [7, 11) is 0. The molecule has 10 nitrogen and oxygen atoms in total. The van der Waals surface area contributed by atoms with Crippen LogP contribution >= 0.6 is 0 Å². The van der Waals surface area contributed by atoms with E-state index in [4.69, 9.17) is 0 Å². The average Bonchev–Trinajstić information content (AvgIpc) is 3.37. The number of pyridine rings is 1. The van der Waals surface area contributed by atoms with Crippen molar-refractivity contribution in [2.45, 2.75) is 31.8 Å². The zero-order chi connectivity index (χ0) is 27.1. The Hall–Kier alpha value is -4.99. The Balaban J connectivity index is 1.51. The van der Waals surface area contributed by atoms with Crippen molar-refractivity contribution in [1.29, 1.82) is 0 Å². The van der Waals surface area contributed by atoms with Crippen LogP contribution < -0.4 is 21.5 Å². The van der Waals surface area contributed by atoms with Gasteiger partial charge in [-0.15, -0.1) is 0 Å². The Morgan fingerprint density at radius 2 is 1.61 bits per heavy atom. The number of benzene rings is 2. The largest absolute Gasteiger partial charge is 0.351 e. The van der Waals surface area contributed by atoms with Crippen LogP contribution in [0.1, 0.15) is 29.4 Å². The molecule has 2 aromatic heterocycles. The van der Waals surface area contributed by atoms with Gasteiger partial charge in [0.05, 0.1) is 0 Å². The van der Waals surface area contributed by atoms with Gasteiger partial charge in [0.15, 0.2) is 0 Å². The molecule has 2 heterocycles. The van der Waals surface area contributed by atoms with Gasteiger partial charge in [-0.05, 0) is 36.8 Å². The summed E-state index contributed by atoms with van der Waals surface area (Å²) >= 11 is 0. The molecule has 2 aromatic carbocycles. The van der Waals surface area contributed by atoms with Gasteiger partial charge in [0.2, 0.25) is 11.7 Å². The zero-order valence-corrected chi connectivity index (χ0v) is 20.6. The van der Waals surface area contributed by atoms with E-state index >= 15 is 0 Å². The van der Waals surface area contributed by atoms with Crippen LogP contribution in [0.2, 0.25) is 0 Å². The summed E-state index contributed by atoms with van der Waals surface area (Å²) in [6, 6.07) is 18.2. The minimum Gasteiger partial charge on any atom is -0.351 e. The van der Waals surface area contributed by atoms with E-state index in [1.54, 1.807) is 49.4 Å². The molecule has 0 aliphatic rings. The van der Waals surface area contributed by atoms with Gasteiger partial charge in [0, 0.05) is 34.8 Å². The highest BCUT2D eigenvalue weighted by molar-refractivity contribution is 6.42. The number of hydrogen-bond acceptors (Lipinski definition) is 5. The van der Waals surface area contributed by atoms with Crippen molar-refractivity contribution < 1.29 is 19.2 Å². The molecule has 5 N–H and O–H groups in total. The van der Waals surface area contributed by atoms with Gasteiger partial charge in [-0.25, -0.2) is 0 Å². The topological polar surface area (TPSA) is 153 Å². The molecule has 0 radical (unpaired) electrons. The van der Waals surface area contributed by atoms with Crippen LogP contribution in [0.4, 0.5) is 5.69 Å². The average molecular weight is 514 g/mol. The predicted molar refractivity (Wildman–Crippen MR) is 143 cm³/mol. The van der Waals surface area contributed by atoms with Crippen molar-refractivity contribution in [3.63, 3.8) is 0 Å². The molecular formula is C28H27N5O5. The number of Topliss-reactive ketones (excluding diaryl/α,β-unsaturated/α-hetero) is 1. The fourth-order valence-electron chi connectivity index (χ4n) is 3.98. The number of H-pyrrole nitrogens is 2. The van der Waals surface area contributed by atoms with Crippen LogP contribution in [0.5, 0.6) is 0 Å². The van der Waals surface area contributed by atoms with E-state index in [1.807, 2.05) is 24.3 Å². The van der Waals surface area contributed by atoms with Crippen molar-refractivity contribution >= 4 is 40.1 Å². The summed E-state index contributed by atoms with van der Waals surface area (Å²) in [5.74, 6) is -3.02. The first-order valence-electron chi connectivity index (χ1n) is 12.1. The second-order valence-corrected chi connectivity index (χ2v) is 8.68. The van der Waals surface area contributed by atoms with Crippen LogP contribution in [0.15, 0.2) is 83.8 Å². The molecule has 4 rings (SSSR count). The van der Waals surface area contributed by atoms with Crippen molar-refractivity contribution in [2.24, 2.45) is 0 Å². The lowest BCUT2D eigenvalue weighted by Crippen LogP contribution is -2.54. The third-order valence-corrected chi connectivity index (χ3v) is 6.02. The minimum absolute atomic E-state index is 0.213. The number of nitrogens with one attached hydrogen (secondary N) is 5. The van der Waals surface area contributed by atoms with E-state index in [-0.39, 0.29) is 24.1 Å². The van der Waals surface area contributed by atoms with Crippen molar-refractivity contribution in [3.05, 3.63) is 101 Å². The molecule has 2 unspecified atom stereocenters. The number of hydrogen-bond donors (Lipinski definition) is 5. The predicted octanol–water partition coefficient (Wildman–Crippen LogP) is 2.30. The monoisotopic (exact) mass is 513 g/mol. The van der Waals surface area contributed by atoms with Gasteiger partial charge < -0.3 is 25.9 Å². The lowest BCUT2D eigenvalue weighted by atomic mass is 10.0. The number of rotatable bonds is 10. The zero-order valence-electron chi connectivity index (χ0n) is 20.6. The minimum atomic E-state index is -1.34. The Bertz CT molecular complexity index is 1490. The number of aromatic amines is 2. The van der Waals surface area contributed by atoms with Crippen molar-refractivity contribution in [3.8, 4) is 0 Å². The number of carbonyl (C=O) groups is 4. The van der Waals surface area contributed by atoms with Crippen LogP contribution in [0, 0.1) is 0 Å². The van der Waals surface area contributed by atoms with E-state index in [2.05, 4.69) is 25.9 Å². The molecule has 10 heteroatoms. The molecule has 0 bridgehead atoms. The molecule has 0 saturated carbocycles. The fourth-order valence-corrected chi connectivity index (χ4v) is 3.98. The number of aromatic nitrogens is 2. The number of amides is 3. The summed E-state index contributed by atoms with van der Waals surface area (Å²) in [6.07, 6.45) is 1.45. The smallest absolute Gasteiger partial charge is 0.293 e. The molecule has 0 aliphatic carbocycles. The van der Waals surface area contributed by atoms with Gasteiger partial charge >= 0.3 is 0 Å². The van der Waals surface area contributed by atoms with Gasteiger partial charge in [-0.3, -0.25) is 24.0 Å². The highest BCUT2D eigenvalue weighted by Gasteiger charge is 2.31. The molecule has 194 valence electrons. The molecular weight excluding hydrogens is 486 g/mol. The van der Waals surface area contributed by atoms with E-state index in [0.717, 1.165) is 10.9 Å². The van der Waals surface area contributed by atoms with Crippen molar-refractivity contribution in [1.82, 2.24) is 20.6 Å². The number of para-hydroxylation sites is 2. The second kappa shape index (κ2) is 11.8. The fraction of sp³-hybridized carbons (Fsp3) is 0.179. The van der Waals surface area contributed by atoms with E-state index in [9.17, 15) is 24.0 Å². The number of ketones is 1. The molecule has 0 fully saturated rings. The number of carbonyl (C=O) groups excluding carboxylic acids is 4. The highest BCUT2D eigenvalue weighted by Crippen LogP contribution is 2.15. The summed E-state index contributed by atoms with van der Waals surface area (Å²) < 4.78 is 0. The summed E-state index contributed by atoms with van der Waals surface area (Å²) in [6.45, 7) is 1.70. The lowest BCUT2D eigenvalue weighted by molar-refractivity contribution is -0.137. The number of anilines is 1. The SMILES string of the molecule is CCC(NC(=O)c1cc2ccccc2[nH]1)C(=O)NC(Cc1ccc[nH]c1=O)C(=O)C(=O)Nc1ccccc1. The third kappa shape index (κ3) is 6.22. The molecule has 3 amide bonds. The maximum atomic E-state index is 13.2. The van der Waals surface area contributed by atoms with Gasteiger partial charge in [0.25, 0.3) is 17.4 Å². The molecule has 0 saturated heterocycles. The summed E-state index contributed by atoms with van der Waals surface area (Å²) in [5.41, 5.74) is 1.24. The number of fused-ring (bicyclic) bond motifs is 1. The van der Waals surface area contributed by atoms with Crippen molar-refractivity contribution in [2.75, 3.05) is 5.32 Å². The maximum absolute atomic E-state index is 13.2.